The summed E-state index contributed by atoms with van der Waals surface area (Å²) in [6.45, 7) is 5.16. The van der Waals surface area contributed by atoms with E-state index in [9.17, 15) is 9.90 Å². The molecule has 5 atom stereocenters. The van der Waals surface area contributed by atoms with Gasteiger partial charge in [-0.05, 0) is 38.1 Å². The summed E-state index contributed by atoms with van der Waals surface area (Å²) in [4.78, 5) is 11.6. The maximum Gasteiger partial charge on any atom is 0.223 e. The van der Waals surface area contributed by atoms with E-state index in [1.807, 2.05) is 0 Å². The maximum absolute atomic E-state index is 11.6. The molecule has 2 saturated heterocycles. The van der Waals surface area contributed by atoms with Gasteiger partial charge in [0.15, 0.2) is 5.79 Å². The number of ether oxygens (including phenoxy) is 5. The molecule has 0 spiro atoms. The van der Waals surface area contributed by atoms with Gasteiger partial charge < -0.3 is 34.1 Å². The average Bonchev–Trinajstić information content (AvgIpc) is 2.59. The molecule has 2 heterocycles. The maximum atomic E-state index is 11.6. The minimum atomic E-state index is -1.01. The molecule has 1 aromatic rings. The number of methoxy groups -OCH3 is 1. The van der Waals surface area contributed by atoms with Gasteiger partial charge in [0.25, 0.3) is 0 Å². The molecule has 0 saturated carbocycles. The molecular weight excluding hydrogens is 342 g/mol. The lowest BCUT2D eigenvalue weighted by atomic mass is 9.95. The Morgan fingerprint density at radius 1 is 1.27 bits per heavy atom. The summed E-state index contributed by atoms with van der Waals surface area (Å²) < 4.78 is 28.4. The number of hydrogen-bond donors (Lipinski definition) is 2. The first kappa shape index (κ1) is 18.9. The van der Waals surface area contributed by atoms with Gasteiger partial charge in [-0.3, -0.25) is 4.79 Å². The third-order valence-electron chi connectivity index (χ3n) is 4.37. The Morgan fingerprint density at radius 3 is 2.54 bits per heavy atom. The third-order valence-corrected chi connectivity index (χ3v) is 4.37. The molecular formula is C18H25NO7. The molecule has 1 aromatic carbocycles. The third kappa shape index (κ3) is 4.09. The lowest BCUT2D eigenvalue weighted by molar-refractivity contribution is -0.361. The monoisotopic (exact) mass is 367 g/mol. The topological polar surface area (TPSA) is 95.5 Å². The first-order chi connectivity index (χ1) is 12.3. The lowest BCUT2D eigenvalue weighted by Gasteiger charge is -2.49. The number of aliphatic hydroxyl groups is 1. The van der Waals surface area contributed by atoms with E-state index in [1.54, 1.807) is 45.2 Å². The second-order valence-electron chi connectivity index (χ2n) is 6.85. The van der Waals surface area contributed by atoms with Gasteiger partial charge in [0, 0.05) is 6.92 Å². The van der Waals surface area contributed by atoms with Crippen LogP contribution in [0.1, 0.15) is 20.8 Å². The molecule has 8 nitrogen and oxygen atoms in total. The number of carbonyl (C=O) groups excluding carboxylic acids is 1. The van der Waals surface area contributed by atoms with E-state index in [4.69, 9.17) is 23.7 Å². The minimum absolute atomic E-state index is 0.254. The predicted molar refractivity (Wildman–Crippen MR) is 90.8 cm³/mol. The summed E-state index contributed by atoms with van der Waals surface area (Å²) in [5.74, 6) is 0.0768. The van der Waals surface area contributed by atoms with Crippen molar-refractivity contribution in [3.8, 4) is 11.5 Å². The minimum Gasteiger partial charge on any atom is -0.497 e. The van der Waals surface area contributed by atoms with Gasteiger partial charge in [-0.2, -0.15) is 0 Å². The molecule has 1 amide bonds. The highest BCUT2D eigenvalue weighted by atomic mass is 16.8. The number of aliphatic hydroxyl groups excluding tert-OH is 1. The number of hydrogen-bond acceptors (Lipinski definition) is 7. The van der Waals surface area contributed by atoms with Crippen LogP contribution in [0.4, 0.5) is 0 Å². The summed E-state index contributed by atoms with van der Waals surface area (Å²) in [6, 6.07) is 6.16. The fourth-order valence-electron chi connectivity index (χ4n) is 3.12. The van der Waals surface area contributed by atoms with Crippen LogP contribution in [0.3, 0.4) is 0 Å². The summed E-state index contributed by atoms with van der Waals surface area (Å²) in [7, 11) is 1.58. The van der Waals surface area contributed by atoms with Gasteiger partial charge in [-0.15, -0.1) is 0 Å². The van der Waals surface area contributed by atoms with Crippen molar-refractivity contribution >= 4 is 5.91 Å². The van der Waals surface area contributed by atoms with E-state index in [-0.39, 0.29) is 12.5 Å². The SMILES string of the molecule is COc1ccc(O[C@@H]2O[C@H]3COC(C)(C)O[C@@H]3[C@@H](O)[C@@H]2NC(C)=O)cc1. The molecule has 0 aromatic heterocycles. The molecule has 144 valence electrons. The Labute approximate surface area is 152 Å². The summed E-state index contributed by atoms with van der Waals surface area (Å²) >= 11 is 0. The summed E-state index contributed by atoms with van der Waals surface area (Å²) in [5, 5.41) is 13.5. The standard InChI is InChI=1S/C18H25NO7/c1-10(20)19-14-15(21)16-13(9-23-18(2,3)26-16)25-17(14)24-12-7-5-11(22-4)6-8-12/h5-8,13-17,21H,9H2,1-4H3,(H,19,20)/t13-,14-,15-,16-,17+/m0/s1. The quantitative estimate of drug-likeness (QED) is 0.813. The van der Waals surface area contributed by atoms with Crippen LogP contribution in [0, 0.1) is 0 Å². The normalized spacial score (nSPS) is 33.0. The molecule has 2 aliphatic rings. The number of fused-ring (bicyclic) bond motifs is 1. The summed E-state index contributed by atoms with van der Waals surface area (Å²) in [5.41, 5.74) is 0. The Hall–Kier alpha value is -1.87. The number of amides is 1. The highest BCUT2D eigenvalue weighted by molar-refractivity contribution is 5.73. The Morgan fingerprint density at radius 2 is 1.92 bits per heavy atom. The van der Waals surface area contributed by atoms with Crippen LogP contribution in [0.5, 0.6) is 11.5 Å². The van der Waals surface area contributed by atoms with Crippen LogP contribution < -0.4 is 14.8 Å². The van der Waals surface area contributed by atoms with E-state index in [0.717, 1.165) is 0 Å². The fraction of sp³-hybridized carbons (Fsp3) is 0.611. The van der Waals surface area contributed by atoms with Gasteiger partial charge in [-0.1, -0.05) is 0 Å². The first-order valence-corrected chi connectivity index (χ1v) is 8.52. The average molecular weight is 367 g/mol. The molecule has 0 aliphatic carbocycles. The van der Waals surface area contributed by atoms with E-state index < -0.39 is 36.4 Å². The lowest BCUT2D eigenvalue weighted by Crippen LogP contribution is -2.69. The van der Waals surface area contributed by atoms with Crippen LogP contribution in [0.25, 0.3) is 0 Å². The molecule has 8 heteroatoms. The Bertz CT molecular complexity index is 633. The van der Waals surface area contributed by atoms with Gasteiger partial charge in [0.05, 0.1) is 13.7 Å². The second kappa shape index (κ2) is 7.40. The number of rotatable bonds is 4. The molecule has 26 heavy (non-hydrogen) atoms. The van der Waals surface area contributed by atoms with E-state index >= 15 is 0 Å². The second-order valence-corrected chi connectivity index (χ2v) is 6.85. The predicted octanol–water partition coefficient (Wildman–Crippen LogP) is 0.816. The molecule has 2 fully saturated rings. The van der Waals surface area contributed by atoms with Crippen molar-refractivity contribution in [3.05, 3.63) is 24.3 Å². The fourth-order valence-corrected chi connectivity index (χ4v) is 3.12. The highest BCUT2D eigenvalue weighted by Crippen LogP contribution is 2.33. The van der Waals surface area contributed by atoms with E-state index in [0.29, 0.717) is 11.5 Å². The van der Waals surface area contributed by atoms with Gasteiger partial charge in [-0.25, -0.2) is 0 Å². The highest BCUT2D eigenvalue weighted by Gasteiger charge is 2.52. The molecule has 3 rings (SSSR count). The Balaban J connectivity index is 1.79. The largest absolute Gasteiger partial charge is 0.497 e. The van der Waals surface area contributed by atoms with Crippen molar-refractivity contribution in [2.24, 2.45) is 0 Å². The molecule has 0 unspecified atom stereocenters. The van der Waals surface area contributed by atoms with E-state index in [2.05, 4.69) is 5.32 Å². The zero-order valence-electron chi connectivity index (χ0n) is 15.3. The molecule has 0 bridgehead atoms. The first-order valence-electron chi connectivity index (χ1n) is 8.52. The number of benzene rings is 1. The van der Waals surface area contributed by atoms with Crippen LogP contribution in [0.15, 0.2) is 24.3 Å². The van der Waals surface area contributed by atoms with Gasteiger partial charge >= 0.3 is 0 Å². The van der Waals surface area contributed by atoms with Crippen molar-refractivity contribution in [2.45, 2.75) is 57.2 Å². The van der Waals surface area contributed by atoms with Crippen molar-refractivity contribution in [2.75, 3.05) is 13.7 Å². The zero-order valence-corrected chi connectivity index (χ0v) is 15.3. The van der Waals surface area contributed by atoms with Gasteiger partial charge in [0.2, 0.25) is 12.2 Å². The van der Waals surface area contributed by atoms with Crippen molar-refractivity contribution in [1.29, 1.82) is 0 Å². The molecule has 2 aliphatic heterocycles. The van der Waals surface area contributed by atoms with E-state index in [1.165, 1.54) is 6.92 Å². The van der Waals surface area contributed by atoms with Crippen LogP contribution >= 0.6 is 0 Å². The van der Waals surface area contributed by atoms with Crippen LogP contribution in [0.2, 0.25) is 0 Å². The molecule has 0 radical (unpaired) electrons. The van der Waals surface area contributed by atoms with Crippen molar-refractivity contribution < 1.29 is 33.6 Å². The Kier molecular flexibility index (Phi) is 5.38. The smallest absolute Gasteiger partial charge is 0.223 e. The number of carbonyl (C=O) groups is 1. The zero-order chi connectivity index (χ0) is 18.9. The number of nitrogens with one attached hydrogen (secondary N) is 1. The summed E-state index contributed by atoms with van der Waals surface area (Å²) in [6.07, 6.45) is -3.04. The van der Waals surface area contributed by atoms with Crippen molar-refractivity contribution in [3.63, 3.8) is 0 Å². The van der Waals surface area contributed by atoms with Crippen LogP contribution in [-0.4, -0.2) is 61.2 Å². The van der Waals surface area contributed by atoms with Crippen LogP contribution in [-0.2, 0) is 19.0 Å². The van der Waals surface area contributed by atoms with Crippen molar-refractivity contribution in [1.82, 2.24) is 5.32 Å². The molecule has 2 N–H and O–H groups in total. The van der Waals surface area contributed by atoms with Gasteiger partial charge in [0.1, 0.15) is 35.9 Å².